The number of nitrogens with one attached hydrogen (secondary N) is 1. The largest absolute Gasteiger partial charge is 0.463 e. The van der Waals surface area contributed by atoms with E-state index >= 15 is 0 Å². The quantitative estimate of drug-likeness (QED) is 0.200. The molecule has 3 heterocycles. The van der Waals surface area contributed by atoms with Crippen LogP contribution in [0.2, 0.25) is 0 Å². The number of rotatable bonds is 9. The van der Waals surface area contributed by atoms with E-state index in [2.05, 4.69) is 22.0 Å². The smallest absolute Gasteiger partial charge is 0.415 e. The number of amides is 1. The predicted octanol–water partition coefficient (Wildman–Crippen LogP) is 1.22. The number of carbonyl (C=O) groups excluding carboxylic acids is 2. The number of allylic oxidation sites excluding steroid dienone is 1. The first-order valence-corrected chi connectivity index (χ1v) is 12.5. The van der Waals surface area contributed by atoms with Crippen LogP contribution in [-0.2, 0) is 29.3 Å². The van der Waals surface area contributed by atoms with E-state index in [0.717, 1.165) is 38.4 Å². The van der Waals surface area contributed by atoms with E-state index in [9.17, 15) is 25.1 Å². The molecule has 5 N–H and O–H groups in total. The van der Waals surface area contributed by atoms with Gasteiger partial charge in [0.05, 0.1) is 17.9 Å². The van der Waals surface area contributed by atoms with Gasteiger partial charge in [0, 0.05) is 5.54 Å². The molecule has 2 aromatic rings. The summed E-state index contributed by atoms with van der Waals surface area (Å²) in [7, 11) is 0. The zero-order valence-electron chi connectivity index (χ0n) is 21.5. The van der Waals surface area contributed by atoms with Crippen molar-refractivity contribution in [1.29, 1.82) is 5.26 Å². The van der Waals surface area contributed by atoms with E-state index in [4.69, 9.17) is 24.7 Å². The molecule has 0 unspecified atom stereocenters. The number of anilines is 1. The van der Waals surface area contributed by atoms with Gasteiger partial charge in [-0.15, -0.1) is 0 Å². The Bertz CT molecular complexity index is 1270. The predicted molar refractivity (Wildman–Crippen MR) is 134 cm³/mol. The van der Waals surface area contributed by atoms with Crippen LogP contribution in [0, 0.1) is 11.3 Å². The minimum Gasteiger partial charge on any atom is -0.463 e. The summed E-state index contributed by atoms with van der Waals surface area (Å²) in [5, 5.41) is 38.3. The van der Waals surface area contributed by atoms with Gasteiger partial charge in [-0.2, -0.15) is 10.4 Å². The van der Waals surface area contributed by atoms with Crippen LogP contribution in [0.1, 0.15) is 51.1 Å². The van der Waals surface area contributed by atoms with Crippen LogP contribution in [0.4, 0.5) is 10.6 Å². The lowest BCUT2D eigenvalue weighted by molar-refractivity contribution is -0.152. The highest BCUT2D eigenvalue weighted by atomic mass is 16.7. The average molecular weight is 545 g/mol. The number of aliphatic hydroxyl groups excluding tert-OH is 2. The highest BCUT2D eigenvalue weighted by Gasteiger charge is 2.58. The molecule has 1 saturated carbocycles. The first kappa shape index (κ1) is 28.2. The van der Waals surface area contributed by atoms with Crippen molar-refractivity contribution in [1.82, 2.24) is 14.6 Å². The van der Waals surface area contributed by atoms with Gasteiger partial charge in [0.1, 0.15) is 42.8 Å². The van der Waals surface area contributed by atoms with Gasteiger partial charge in [-0.1, -0.05) is 25.8 Å². The van der Waals surface area contributed by atoms with E-state index in [1.54, 1.807) is 6.92 Å². The van der Waals surface area contributed by atoms with Crippen molar-refractivity contribution < 1.29 is 38.7 Å². The topological polar surface area (TPSA) is 204 Å². The van der Waals surface area contributed by atoms with Crippen molar-refractivity contribution in [2.75, 3.05) is 18.7 Å². The monoisotopic (exact) mass is 544 g/mol. The summed E-state index contributed by atoms with van der Waals surface area (Å²) >= 11 is 0. The molecule has 0 radical (unpaired) electrons. The number of fused-ring (bicyclic) bond motifs is 1. The van der Waals surface area contributed by atoms with Gasteiger partial charge in [0.2, 0.25) is 12.4 Å². The van der Waals surface area contributed by atoms with Gasteiger partial charge in [-0.25, -0.2) is 14.3 Å². The minimum atomic E-state index is -2.07. The van der Waals surface area contributed by atoms with Gasteiger partial charge in [-0.05, 0) is 31.9 Å². The van der Waals surface area contributed by atoms with E-state index < -0.39 is 41.5 Å². The minimum absolute atomic E-state index is 0.0273. The second-order valence-electron chi connectivity index (χ2n) is 9.87. The van der Waals surface area contributed by atoms with Crippen molar-refractivity contribution in [3.63, 3.8) is 0 Å². The van der Waals surface area contributed by atoms with Crippen molar-refractivity contribution in [3.8, 4) is 6.07 Å². The van der Waals surface area contributed by atoms with Crippen LogP contribution in [-0.4, -0.2) is 74.1 Å². The third kappa shape index (κ3) is 5.96. The van der Waals surface area contributed by atoms with E-state index in [-0.39, 0.29) is 36.8 Å². The summed E-state index contributed by atoms with van der Waals surface area (Å²) in [6.07, 6.45) is 0.243. The molecular formula is C25H32N6O8. The van der Waals surface area contributed by atoms with Gasteiger partial charge in [-0.3, -0.25) is 10.1 Å². The van der Waals surface area contributed by atoms with Crippen LogP contribution in [0.3, 0.4) is 0 Å². The maximum Gasteiger partial charge on any atom is 0.415 e. The molecule has 2 aliphatic rings. The van der Waals surface area contributed by atoms with Crippen molar-refractivity contribution in [2.45, 2.75) is 74.9 Å². The second-order valence-corrected chi connectivity index (χ2v) is 9.87. The van der Waals surface area contributed by atoms with E-state index in [1.807, 2.05) is 6.07 Å². The molecule has 1 saturated heterocycles. The van der Waals surface area contributed by atoms with Crippen LogP contribution in [0.5, 0.6) is 0 Å². The fourth-order valence-electron chi connectivity index (χ4n) is 4.89. The molecule has 14 nitrogen and oxygen atoms in total. The summed E-state index contributed by atoms with van der Waals surface area (Å²) in [4.78, 5) is 28.6. The average Bonchev–Trinajstić information content (AvgIpc) is 3.43. The Balaban J connectivity index is 1.48. The lowest BCUT2D eigenvalue weighted by Gasteiger charge is -2.32. The Morgan fingerprint density at radius 3 is 2.72 bits per heavy atom. The number of aliphatic hydroxyl groups is 2. The molecule has 0 aromatic carbocycles. The third-order valence-corrected chi connectivity index (χ3v) is 6.93. The van der Waals surface area contributed by atoms with Crippen LogP contribution >= 0.6 is 0 Å². The van der Waals surface area contributed by atoms with Crippen molar-refractivity contribution >= 4 is 23.4 Å². The molecule has 4 rings (SSSR count). The number of ether oxygens (including phenoxy) is 4. The summed E-state index contributed by atoms with van der Waals surface area (Å²) in [6.45, 7) is 4.38. The number of aromatic nitrogens is 3. The zero-order chi connectivity index (χ0) is 28.2. The Kier molecular flexibility index (Phi) is 8.36. The molecule has 2 fully saturated rings. The normalized spacial score (nSPS) is 26.0. The number of carbonyl (C=O) groups is 2. The molecule has 1 aliphatic carbocycles. The van der Waals surface area contributed by atoms with Gasteiger partial charge in [0.25, 0.3) is 0 Å². The number of esters is 1. The number of nitriles is 1. The van der Waals surface area contributed by atoms with E-state index in [0.29, 0.717) is 5.76 Å². The Morgan fingerprint density at radius 1 is 1.28 bits per heavy atom. The molecule has 0 bridgehead atoms. The first-order valence-electron chi connectivity index (χ1n) is 12.5. The summed E-state index contributed by atoms with van der Waals surface area (Å²) in [5.74, 6) is -0.138. The molecule has 1 aliphatic heterocycles. The molecule has 39 heavy (non-hydrogen) atoms. The number of hydrogen-bond donors (Lipinski definition) is 4. The van der Waals surface area contributed by atoms with Gasteiger partial charge >= 0.3 is 12.1 Å². The summed E-state index contributed by atoms with van der Waals surface area (Å²) in [6, 6.07) is 4.87. The molecule has 14 heteroatoms. The lowest BCUT2D eigenvalue weighted by atomic mass is 9.80. The van der Waals surface area contributed by atoms with Crippen LogP contribution < -0.4 is 11.1 Å². The number of nitrogens with two attached hydrogens (primary N) is 1. The standard InChI is InChI=1S/C25H32N6O8/c1-15(2)37-14-38-23(35)30-22-16-6-7-18(31(16)29-13-28-22)25(12-26)21(34)20(33)17(39-25)11-36-19(32)10-24(27)8-4-3-5-9-24/h6-7,13,17,20-21,33-34H,1,3-5,8-11,14,27H2,2H3,(H,28,29,30,35)/t17-,20-,21-,25+/m1/s1. The fourth-order valence-corrected chi connectivity index (χ4v) is 4.89. The maximum absolute atomic E-state index is 12.5. The van der Waals surface area contributed by atoms with Crippen molar-refractivity contribution in [2.24, 2.45) is 5.73 Å². The highest BCUT2D eigenvalue weighted by Crippen LogP contribution is 2.40. The van der Waals surface area contributed by atoms with Crippen molar-refractivity contribution in [3.05, 3.63) is 36.5 Å². The summed E-state index contributed by atoms with van der Waals surface area (Å²) < 4.78 is 22.3. The SMILES string of the molecule is C=C(C)OCOC(=O)Nc1ncnn2c([C@]3(C#N)O[C@H](COC(=O)CC4(N)CCCCC4)[C@@H](O)[C@H]3O)ccc12. The fraction of sp³-hybridized carbons (Fsp3) is 0.560. The summed E-state index contributed by atoms with van der Waals surface area (Å²) in [5.41, 5.74) is 3.95. The molecule has 210 valence electrons. The number of hydrogen-bond acceptors (Lipinski definition) is 12. The lowest BCUT2D eigenvalue weighted by Crippen LogP contribution is -2.44. The third-order valence-electron chi connectivity index (χ3n) is 6.93. The molecular weight excluding hydrogens is 512 g/mol. The Morgan fingerprint density at radius 2 is 2.03 bits per heavy atom. The van der Waals surface area contributed by atoms with Crippen LogP contribution in [0.25, 0.3) is 5.52 Å². The molecule has 2 aromatic heterocycles. The van der Waals surface area contributed by atoms with Crippen LogP contribution in [0.15, 0.2) is 30.8 Å². The van der Waals surface area contributed by atoms with E-state index in [1.165, 1.54) is 16.6 Å². The second kappa shape index (κ2) is 11.5. The molecule has 1 amide bonds. The highest BCUT2D eigenvalue weighted by molar-refractivity contribution is 5.88. The molecule has 4 atom stereocenters. The maximum atomic E-state index is 12.5. The Hall–Kier alpha value is -3.77. The first-order chi connectivity index (χ1) is 18.6. The molecule has 0 spiro atoms. The Labute approximate surface area is 224 Å². The number of nitrogens with zero attached hydrogens (tertiary/aromatic N) is 4. The van der Waals surface area contributed by atoms with Gasteiger partial charge in [0.15, 0.2) is 5.82 Å². The zero-order valence-corrected chi connectivity index (χ0v) is 21.5. The van der Waals surface area contributed by atoms with Gasteiger partial charge < -0.3 is 34.9 Å².